The minimum absolute atomic E-state index is 0.158. The zero-order chi connectivity index (χ0) is 19.3. The minimum atomic E-state index is -0.970. The molecule has 0 saturated carbocycles. The molecular weight excluding hydrogens is 369 g/mol. The molecule has 146 valence electrons. The molecule has 0 aromatic heterocycles. The van der Waals surface area contributed by atoms with Gasteiger partial charge >= 0.3 is 17.9 Å². The van der Waals surface area contributed by atoms with Gasteiger partial charge in [0.15, 0.2) is 12.2 Å². The summed E-state index contributed by atoms with van der Waals surface area (Å²) in [7, 11) is 0. The molecule has 2 heterocycles. The Kier molecular flexibility index (Phi) is 7.39. The molecule has 0 spiro atoms. The number of ether oxygens (including phenoxy) is 4. The van der Waals surface area contributed by atoms with Gasteiger partial charge in [0.05, 0.1) is 11.7 Å². The van der Waals surface area contributed by atoms with Gasteiger partial charge in [0.25, 0.3) is 0 Å². The van der Waals surface area contributed by atoms with Crippen molar-refractivity contribution >= 4 is 34.7 Å². The lowest BCUT2D eigenvalue weighted by molar-refractivity contribution is -0.208. The highest BCUT2D eigenvalue weighted by atomic mass is 32.2. The Labute approximate surface area is 154 Å². The van der Waals surface area contributed by atoms with Crippen LogP contribution < -0.4 is 0 Å². The second-order valence-corrected chi connectivity index (χ2v) is 7.09. The third kappa shape index (κ3) is 5.41. The van der Waals surface area contributed by atoms with Crippen LogP contribution in [0.2, 0.25) is 0 Å². The number of nitrogens with zero attached hydrogens (tertiary/aromatic N) is 1. The zero-order valence-electron chi connectivity index (χ0n) is 14.8. The molecule has 0 amide bonds. The highest BCUT2D eigenvalue weighted by molar-refractivity contribution is 8.14. The summed E-state index contributed by atoms with van der Waals surface area (Å²) in [6.45, 7) is 3.09. The number of aliphatic imine (C=N–C) groups is 1. The van der Waals surface area contributed by atoms with Gasteiger partial charge in [0.1, 0.15) is 24.2 Å². The van der Waals surface area contributed by atoms with Gasteiger partial charge in [0.2, 0.25) is 0 Å². The first-order chi connectivity index (χ1) is 12.3. The topological polar surface area (TPSA) is 100 Å². The molecule has 0 N–H and O–H groups in total. The maximum absolute atomic E-state index is 12.4. The molecule has 0 bridgehead atoms. The number of hydrogen-bond donors (Lipinski definition) is 0. The van der Waals surface area contributed by atoms with Gasteiger partial charge in [-0.1, -0.05) is 11.8 Å². The Morgan fingerprint density at radius 1 is 1.12 bits per heavy atom. The number of hydrogen-bond acceptors (Lipinski definition) is 9. The van der Waals surface area contributed by atoms with Crippen molar-refractivity contribution in [1.82, 2.24) is 0 Å². The molecule has 2 aliphatic rings. The number of alkyl halides is 1. The first-order valence-corrected chi connectivity index (χ1v) is 9.12. The molecule has 10 heteroatoms. The molecule has 0 aliphatic carbocycles. The molecule has 5 atom stereocenters. The van der Waals surface area contributed by atoms with Crippen LogP contribution in [0.3, 0.4) is 0 Å². The maximum atomic E-state index is 12.4. The van der Waals surface area contributed by atoms with Crippen LogP contribution >= 0.6 is 11.8 Å². The van der Waals surface area contributed by atoms with Gasteiger partial charge in [-0.3, -0.25) is 23.8 Å². The van der Waals surface area contributed by atoms with E-state index in [1.54, 1.807) is 0 Å². The summed E-state index contributed by atoms with van der Waals surface area (Å²) in [5.41, 5.74) is -0.499. The predicted octanol–water partition coefficient (Wildman–Crippen LogP) is 1.40. The van der Waals surface area contributed by atoms with Gasteiger partial charge in [-0.05, 0) is 12.8 Å². The first kappa shape index (κ1) is 20.6. The van der Waals surface area contributed by atoms with Gasteiger partial charge in [0, 0.05) is 20.8 Å². The van der Waals surface area contributed by atoms with Crippen molar-refractivity contribution in [2.24, 2.45) is 4.99 Å². The van der Waals surface area contributed by atoms with Crippen LogP contribution in [0.1, 0.15) is 33.6 Å². The molecule has 1 saturated heterocycles. The van der Waals surface area contributed by atoms with Gasteiger partial charge in [-0.2, -0.15) is 0 Å². The molecule has 2 rings (SSSR count). The lowest BCUT2D eigenvalue weighted by atomic mass is 9.97. The van der Waals surface area contributed by atoms with E-state index in [1.807, 2.05) is 0 Å². The number of esters is 3. The van der Waals surface area contributed by atoms with E-state index in [1.165, 1.54) is 32.5 Å². The second-order valence-electron chi connectivity index (χ2n) is 5.92. The summed E-state index contributed by atoms with van der Waals surface area (Å²) in [6, 6.07) is -0.587. The third-order valence-electron chi connectivity index (χ3n) is 3.74. The molecule has 0 radical (unpaired) electrons. The normalized spacial score (nSPS) is 30.2. The smallest absolute Gasteiger partial charge is 0.303 e. The molecule has 2 aliphatic heterocycles. The van der Waals surface area contributed by atoms with E-state index in [0.717, 1.165) is 0 Å². The summed E-state index contributed by atoms with van der Waals surface area (Å²) in [5, 5.41) is 0.685. The average molecular weight is 391 g/mol. The zero-order valence-corrected chi connectivity index (χ0v) is 15.6. The van der Waals surface area contributed by atoms with Crippen LogP contribution in [0.4, 0.5) is 4.39 Å². The van der Waals surface area contributed by atoms with Crippen molar-refractivity contribution in [3.8, 4) is 0 Å². The van der Waals surface area contributed by atoms with E-state index in [4.69, 9.17) is 18.9 Å². The van der Waals surface area contributed by atoms with Crippen LogP contribution in [-0.4, -0.2) is 66.0 Å². The van der Waals surface area contributed by atoms with Crippen LogP contribution in [0.5, 0.6) is 0 Å². The predicted molar refractivity (Wildman–Crippen MR) is 90.4 cm³/mol. The van der Waals surface area contributed by atoms with Gasteiger partial charge < -0.3 is 18.9 Å². The minimum Gasteiger partial charge on any atom is -0.463 e. The summed E-state index contributed by atoms with van der Waals surface area (Å²) in [5.74, 6) is -1.66. The summed E-state index contributed by atoms with van der Waals surface area (Å²) < 4.78 is 34.0. The molecule has 1 fully saturated rings. The molecule has 26 heavy (non-hydrogen) atoms. The molecule has 8 nitrogen and oxygen atoms in total. The number of thioether (sulfide) groups is 1. The van der Waals surface area contributed by atoms with Crippen molar-refractivity contribution in [2.75, 3.05) is 13.3 Å². The van der Waals surface area contributed by atoms with Crippen molar-refractivity contribution < 1.29 is 37.7 Å². The highest BCUT2D eigenvalue weighted by Gasteiger charge is 2.52. The number of carbonyl (C=O) groups excluding carboxylic acids is 3. The lowest BCUT2D eigenvalue weighted by Crippen LogP contribution is -2.59. The largest absolute Gasteiger partial charge is 0.463 e. The van der Waals surface area contributed by atoms with E-state index >= 15 is 0 Å². The fraction of sp³-hybridized carbons (Fsp3) is 0.750. The van der Waals surface area contributed by atoms with Crippen LogP contribution in [0, 0.1) is 0 Å². The number of halogens is 1. The van der Waals surface area contributed by atoms with E-state index in [2.05, 4.69) is 4.99 Å². The van der Waals surface area contributed by atoms with Gasteiger partial charge in [-0.25, -0.2) is 0 Å². The van der Waals surface area contributed by atoms with E-state index < -0.39 is 54.4 Å². The number of carbonyl (C=O) groups is 3. The maximum Gasteiger partial charge on any atom is 0.303 e. The van der Waals surface area contributed by atoms with Gasteiger partial charge in [-0.15, -0.1) is 0 Å². The Hall–Kier alpha value is -1.68. The van der Waals surface area contributed by atoms with E-state index in [9.17, 15) is 18.8 Å². The SMILES string of the molecule is CC(=O)OC[C@H]1OC2SC(CCCF)=NC2[C@@H](OC(C)=O)[C@@H]1OC(C)=O. The van der Waals surface area contributed by atoms with E-state index in [-0.39, 0.29) is 6.61 Å². The lowest BCUT2D eigenvalue weighted by Gasteiger charge is -2.41. The van der Waals surface area contributed by atoms with Crippen molar-refractivity contribution in [2.45, 2.75) is 63.4 Å². The van der Waals surface area contributed by atoms with Crippen LogP contribution in [0.25, 0.3) is 0 Å². The Bertz CT molecular complexity index is 585. The molecule has 0 aromatic carbocycles. The quantitative estimate of drug-likeness (QED) is 0.474. The summed E-state index contributed by atoms with van der Waals surface area (Å²) in [6.07, 6.45) is -1.89. The van der Waals surface area contributed by atoms with Crippen molar-refractivity contribution in [3.05, 3.63) is 0 Å². The van der Waals surface area contributed by atoms with Crippen molar-refractivity contribution in [1.29, 1.82) is 0 Å². The molecule has 0 aromatic rings. The Morgan fingerprint density at radius 3 is 2.35 bits per heavy atom. The number of rotatable bonds is 7. The third-order valence-corrected chi connectivity index (χ3v) is 4.94. The van der Waals surface area contributed by atoms with E-state index in [0.29, 0.717) is 17.9 Å². The first-order valence-electron chi connectivity index (χ1n) is 8.24. The summed E-state index contributed by atoms with van der Waals surface area (Å²) in [4.78, 5) is 38.7. The fourth-order valence-electron chi connectivity index (χ4n) is 2.79. The molecule has 2 unspecified atom stereocenters. The fourth-order valence-corrected chi connectivity index (χ4v) is 4.06. The monoisotopic (exact) mass is 391 g/mol. The van der Waals surface area contributed by atoms with Crippen LogP contribution in [0.15, 0.2) is 4.99 Å². The Morgan fingerprint density at radius 2 is 1.77 bits per heavy atom. The molecular formula is C16H22FNO7S. The van der Waals surface area contributed by atoms with Crippen LogP contribution in [-0.2, 0) is 33.3 Å². The second kappa shape index (κ2) is 9.31. The average Bonchev–Trinajstić information content (AvgIpc) is 2.95. The Balaban J connectivity index is 2.25. The standard InChI is InChI=1S/C16H22FNO7S/c1-8(19)22-7-11-14(23-9(2)20)15(24-10(3)21)13-16(25-11)26-12(18-13)5-4-6-17/h11,13-16H,4-7H2,1-3H3/t11-,13?,14-,15-,16?/m1/s1. The number of fused-ring (bicyclic) bond motifs is 1. The summed E-state index contributed by atoms with van der Waals surface area (Å²) >= 11 is 1.31. The highest BCUT2D eigenvalue weighted by Crippen LogP contribution is 2.40. The van der Waals surface area contributed by atoms with Crippen molar-refractivity contribution in [3.63, 3.8) is 0 Å².